The summed E-state index contributed by atoms with van der Waals surface area (Å²) in [4.78, 5) is 2.37. The first kappa shape index (κ1) is 12.4. The van der Waals surface area contributed by atoms with Crippen molar-refractivity contribution in [3.8, 4) is 6.07 Å². The number of rotatable bonds is 2. The molecule has 0 N–H and O–H groups in total. The molecule has 1 aromatic rings. The Morgan fingerprint density at radius 1 is 1.35 bits per heavy atom. The second-order valence-corrected chi connectivity index (χ2v) is 5.39. The molecule has 0 unspecified atom stereocenters. The van der Waals surface area contributed by atoms with Crippen LogP contribution < -0.4 is 0 Å². The largest absolute Gasteiger partial charge is 0.298 e. The lowest BCUT2D eigenvalue weighted by Crippen LogP contribution is -2.25. The molecule has 0 bridgehead atoms. The van der Waals surface area contributed by atoms with E-state index in [1.54, 1.807) is 12.1 Å². The summed E-state index contributed by atoms with van der Waals surface area (Å²) in [5.74, 6) is 1.96. The molecule has 1 heterocycles. The predicted molar refractivity (Wildman–Crippen MR) is 68.3 cm³/mol. The maximum atomic E-state index is 13.2. The van der Waals surface area contributed by atoms with Gasteiger partial charge in [-0.1, -0.05) is 6.07 Å². The highest BCUT2D eigenvalue weighted by atomic mass is 32.2. The summed E-state index contributed by atoms with van der Waals surface area (Å²) in [5.41, 5.74) is 1.17. The molecule has 2 rings (SSSR count). The Hall–Kier alpha value is -1.05. The van der Waals surface area contributed by atoms with Gasteiger partial charge < -0.3 is 0 Å². The molecule has 1 aliphatic heterocycles. The summed E-state index contributed by atoms with van der Waals surface area (Å²) in [5, 5.41) is 8.79. The van der Waals surface area contributed by atoms with Crippen LogP contribution in [0.25, 0.3) is 0 Å². The Morgan fingerprint density at radius 2 is 2.24 bits per heavy atom. The number of hydrogen-bond acceptors (Lipinski definition) is 3. The molecule has 17 heavy (non-hydrogen) atoms. The van der Waals surface area contributed by atoms with Gasteiger partial charge >= 0.3 is 0 Å². The Balaban J connectivity index is 2.05. The van der Waals surface area contributed by atoms with Gasteiger partial charge in [0, 0.05) is 18.8 Å². The summed E-state index contributed by atoms with van der Waals surface area (Å²) in [6.45, 7) is 2.98. The van der Waals surface area contributed by atoms with Gasteiger partial charge in [-0.2, -0.15) is 17.0 Å². The van der Waals surface area contributed by atoms with Gasteiger partial charge in [-0.25, -0.2) is 4.39 Å². The normalized spacial score (nSPS) is 17.4. The highest BCUT2D eigenvalue weighted by molar-refractivity contribution is 7.99. The van der Waals surface area contributed by atoms with E-state index in [1.807, 2.05) is 17.8 Å². The molecule has 1 fully saturated rings. The van der Waals surface area contributed by atoms with Crippen molar-refractivity contribution in [1.29, 1.82) is 5.26 Å². The number of halogens is 1. The van der Waals surface area contributed by atoms with Gasteiger partial charge in [-0.05, 0) is 36.4 Å². The summed E-state index contributed by atoms with van der Waals surface area (Å²) >= 11 is 1.99. The molecule has 1 saturated heterocycles. The molecule has 0 atom stereocenters. The Morgan fingerprint density at radius 3 is 3.06 bits per heavy atom. The maximum Gasteiger partial charge on any atom is 0.140 e. The van der Waals surface area contributed by atoms with Gasteiger partial charge in [-0.15, -0.1) is 0 Å². The molecule has 0 saturated carbocycles. The second-order valence-electron chi connectivity index (χ2n) is 4.17. The Kier molecular flexibility index (Phi) is 4.41. The smallest absolute Gasteiger partial charge is 0.140 e. The van der Waals surface area contributed by atoms with Crippen molar-refractivity contribution >= 4 is 11.8 Å². The molecule has 1 aromatic carbocycles. The third-order valence-electron chi connectivity index (χ3n) is 2.87. The fraction of sp³-hybridized carbons (Fsp3) is 0.462. The SMILES string of the molecule is N#Cc1cc(CN2CCCSCC2)ccc1F. The summed E-state index contributed by atoms with van der Waals surface area (Å²) in [7, 11) is 0. The first-order valence-electron chi connectivity index (χ1n) is 5.78. The lowest BCUT2D eigenvalue weighted by atomic mass is 10.1. The number of hydrogen-bond donors (Lipinski definition) is 0. The zero-order chi connectivity index (χ0) is 12.1. The van der Waals surface area contributed by atoms with Crippen LogP contribution in [-0.2, 0) is 6.54 Å². The van der Waals surface area contributed by atoms with E-state index >= 15 is 0 Å². The van der Waals surface area contributed by atoms with Crippen LogP contribution in [-0.4, -0.2) is 29.5 Å². The van der Waals surface area contributed by atoms with Gasteiger partial charge in [-0.3, -0.25) is 4.90 Å². The van der Waals surface area contributed by atoms with Crippen LogP contribution in [0.5, 0.6) is 0 Å². The minimum absolute atomic E-state index is 0.145. The Bertz CT molecular complexity index is 420. The monoisotopic (exact) mass is 250 g/mol. The molecule has 2 nitrogen and oxygen atoms in total. The van der Waals surface area contributed by atoms with E-state index < -0.39 is 5.82 Å². The minimum Gasteiger partial charge on any atom is -0.298 e. The van der Waals surface area contributed by atoms with E-state index in [0.29, 0.717) is 0 Å². The summed E-state index contributed by atoms with van der Waals surface area (Å²) in [6.07, 6.45) is 1.21. The van der Waals surface area contributed by atoms with Crippen LogP contribution in [0.2, 0.25) is 0 Å². The number of nitriles is 1. The van der Waals surface area contributed by atoms with Crippen molar-refractivity contribution in [2.45, 2.75) is 13.0 Å². The quantitative estimate of drug-likeness (QED) is 0.807. The van der Waals surface area contributed by atoms with Crippen LogP contribution in [0.1, 0.15) is 17.5 Å². The molecule has 0 aromatic heterocycles. The van der Waals surface area contributed by atoms with Gasteiger partial charge in [0.2, 0.25) is 0 Å². The van der Waals surface area contributed by atoms with Crippen LogP contribution in [0.4, 0.5) is 4.39 Å². The molecule has 1 aliphatic rings. The molecular formula is C13H15FN2S. The van der Waals surface area contributed by atoms with Crippen molar-refractivity contribution in [1.82, 2.24) is 4.90 Å². The third kappa shape index (κ3) is 3.45. The molecule has 0 aliphatic carbocycles. The topological polar surface area (TPSA) is 27.0 Å². The van der Waals surface area contributed by atoms with Crippen LogP contribution >= 0.6 is 11.8 Å². The molecule has 90 valence electrons. The van der Waals surface area contributed by atoms with E-state index in [2.05, 4.69) is 4.90 Å². The van der Waals surface area contributed by atoms with Crippen molar-refractivity contribution in [2.24, 2.45) is 0 Å². The van der Waals surface area contributed by atoms with Crippen molar-refractivity contribution in [2.75, 3.05) is 24.6 Å². The van der Waals surface area contributed by atoms with E-state index in [1.165, 1.54) is 18.2 Å². The third-order valence-corrected chi connectivity index (χ3v) is 3.92. The van der Waals surface area contributed by atoms with Crippen LogP contribution in [0, 0.1) is 17.1 Å². The minimum atomic E-state index is -0.428. The van der Waals surface area contributed by atoms with Crippen LogP contribution in [0.15, 0.2) is 18.2 Å². The van der Waals surface area contributed by atoms with E-state index in [0.717, 1.165) is 31.0 Å². The standard InChI is InChI=1S/C13H15FN2S/c14-13-3-2-11(8-12(13)9-15)10-16-4-1-6-17-7-5-16/h2-3,8H,1,4-7,10H2. The van der Waals surface area contributed by atoms with Crippen molar-refractivity contribution in [3.05, 3.63) is 35.1 Å². The van der Waals surface area contributed by atoms with Gasteiger partial charge in [0.25, 0.3) is 0 Å². The molecule has 0 radical (unpaired) electrons. The number of benzene rings is 1. The highest BCUT2D eigenvalue weighted by Crippen LogP contribution is 2.15. The fourth-order valence-electron chi connectivity index (χ4n) is 1.97. The highest BCUT2D eigenvalue weighted by Gasteiger charge is 2.10. The van der Waals surface area contributed by atoms with Gasteiger partial charge in [0.15, 0.2) is 0 Å². The van der Waals surface area contributed by atoms with Crippen molar-refractivity contribution < 1.29 is 4.39 Å². The first-order valence-corrected chi connectivity index (χ1v) is 6.93. The molecule has 4 heteroatoms. The average Bonchev–Trinajstić information content (AvgIpc) is 2.60. The maximum absolute atomic E-state index is 13.2. The molecule has 0 spiro atoms. The molecular weight excluding hydrogens is 235 g/mol. The van der Waals surface area contributed by atoms with Crippen molar-refractivity contribution in [3.63, 3.8) is 0 Å². The zero-order valence-electron chi connectivity index (χ0n) is 9.66. The van der Waals surface area contributed by atoms with E-state index in [-0.39, 0.29) is 5.56 Å². The predicted octanol–water partition coefficient (Wildman–Crippen LogP) is 2.64. The van der Waals surface area contributed by atoms with Gasteiger partial charge in [0.05, 0.1) is 5.56 Å². The second kappa shape index (κ2) is 6.04. The average molecular weight is 250 g/mol. The zero-order valence-corrected chi connectivity index (χ0v) is 10.5. The summed E-state index contributed by atoms with van der Waals surface area (Å²) in [6, 6.07) is 6.71. The fourth-order valence-corrected chi connectivity index (χ4v) is 2.90. The lowest BCUT2D eigenvalue weighted by molar-refractivity contribution is 0.287. The molecule has 0 amide bonds. The number of thioether (sulfide) groups is 1. The lowest BCUT2D eigenvalue weighted by Gasteiger charge is -2.19. The van der Waals surface area contributed by atoms with Gasteiger partial charge in [0.1, 0.15) is 11.9 Å². The Labute approximate surface area is 105 Å². The summed E-state index contributed by atoms with van der Waals surface area (Å²) < 4.78 is 13.2. The van der Waals surface area contributed by atoms with E-state index in [4.69, 9.17) is 5.26 Å². The number of nitrogens with zero attached hydrogens (tertiary/aromatic N) is 2. The first-order chi connectivity index (χ1) is 8.29. The van der Waals surface area contributed by atoms with E-state index in [9.17, 15) is 4.39 Å². The van der Waals surface area contributed by atoms with Crippen LogP contribution in [0.3, 0.4) is 0 Å².